The van der Waals surface area contributed by atoms with E-state index in [0.717, 1.165) is 5.52 Å². The van der Waals surface area contributed by atoms with Gasteiger partial charge in [0.2, 0.25) is 0 Å². The molecule has 0 atom stereocenters. The van der Waals surface area contributed by atoms with Gasteiger partial charge in [-0.1, -0.05) is 47.0 Å². The van der Waals surface area contributed by atoms with Gasteiger partial charge < -0.3 is 0 Å². The molecular weight excluding hydrogens is 254 g/mol. The third kappa shape index (κ3) is 2.58. The highest BCUT2D eigenvalue weighted by atomic mass is 32.1. The molecule has 2 aromatic carbocycles. The molecule has 0 unspecified atom stereocenters. The molecule has 4 rings (SSSR count). The molecule has 0 aliphatic heterocycles. The van der Waals surface area contributed by atoms with Crippen LogP contribution in [0.3, 0.4) is 0 Å². The molecule has 0 saturated heterocycles. The molecule has 0 aliphatic rings. The second kappa shape index (κ2) is 5.54. The van der Waals surface area contributed by atoms with Crippen molar-refractivity contribution in [3.63, 3.8) is 0 Å². The predicted octanol–water partition coefficient (Wildman–Crippen LogP) is 3.93. The molecule has 0 radical (unpaired) electrons. The summed E-state index contributed by atoms with van der Waals surface area (Å²) in [5.41, 5.74) is 1.06. The van der Waals surface area contributed by atoms with Crippen molar-refractivity contribution in [2.24, 2.45) is 0 Å². The number of nitrogens with zero attached hydrogens (tertiary/aromatic N) is 3. The van der Waals surface area contributed by atoms with Crippen LogP contribution >= 0.6 is 11.5 Å². The zero-order chi connectivity index (χ0) is 12.9. The Hall–Kier alpha value is -2.33. The van der Waals surface area contributed by atoms with Gasteiger partial charge in [-0.2, -0.15) is 0 Å². The van der Waals surface area contributed by atoms with Gasteiger partial charge in [0.1, 0.15) is 0 Å². The van der Waals surface area contributed by atoms with Crippen molar-refractivity contribution >= 4 is 33.2 Å². The third-order valence-corrected chi connectivity index (χ3v) is 3.21. The monoisotopic (exact) mass is 265 g/mol. The Balaban J connectivity index is 0.000000187. The zero-order valence-electron chi connectivity index (χ0n) is 10.1. The summed E-state index contributed by atoms with van der Waals surface area (Å²) in [5, 5.41) is 9.01. The number of benzene rings is 2. The van der Waals surface area contributed by atoms with Gasteiger partial charge in [0.15, 0.2) is 0 Å². The van der Waals surface area contributed by atoms with E-state index in [9.17, 15) is 0 Å². The summed E-state index contributed by atoms with van der Waals surface area (Å²) in [5.74, 6) is 0. The number of aromatic nitrogens is 3. The summed E-state index contributed by atoms with van der Waals surface area (Å²) in [7, 11) is 0. The maximum atomic E-state index is 4.41. The average Bonchev–Trinajstić information content (AvgIpc) is 3.07. The van der Waals surface area contributed by atoms with Crippen LogP contribution in [0.25, 0.3) is 21.7 Å². The molecular formula is C15H11N3S. The molecule has 0 amide bonds. The van der Waals surface area contributed by atoms with Crippen LogP contribution in [0.4, 0.5) is 0 Å². The number of rotatable bonds is 0. The van der Waals surface area contributed by atoms with Crippen molar-refractivity contribution in [2.45, 2.75) is 0 Å². The van der Waals surface area contributed by atoms with Crippen molar-refractivity contribution in [2.75, 3.05) is 0 Å². The van der Waals surface area contributed by atoms with E-state index < -0.39 is 0 Å². The Labute approximate surface area is 114 Å². The Bertz CT molecular complexity index is 710. The topological polar surface area (TPSA) is 38.7 Å². The van der Waals surface area contributed by atoms with E-state index in [2.05, 4.69) is 44.9 Å². The van der Waals surface area contributed by atoms with Crippen LogP contribution in [0.1, 0.15) is 0 Å². The maximum absolute atomic E-state index is 4.41. The fourth-order valence-corrected chi connectivity index (χ4v) is 2.22. The molecule has 19 heavy (non-hydrogen) atoms. The Kier molecular flexibility index (Phi) is 3.42. The standard InChI is InChI=1S/C13H9N.C2H2N2S/c1-2-6-11-10(5-1)9-14-13-8-4-3-7-12(11)13;1-2-5-4-3-1/h1-9H;1-2H. The van der Waals surface area contributed by atoms with Gasteiger partial charge in [0.05, 0.1) is 11.7 Å². The van der Waals surface area contributed by atoms with Crippen LogP contribution in [0.5, 0.6) is 0 Å². The number of fused-ring (bicyclic) bond motifs is 3. The van der Waals surface area contributed by atoms with Crippen molar-refractivity contribution in [3.05, 3.63) is 66.3 Å². The number of hydrogen-bond donors (Lipinski definition) is 0. The second-order valence-electron chi connectivity index (χ2n) is 3.95. The van der Waals surface area contributed by atoms with E-state index in [-0.39, 0.29) is 0 Å². The van der Waals surface area contributed by atoms with Crippen molar-refractivity contribution in [1.29, 1.82) is 0 Å². The maximum Gasteiger partial charge on any atom is 0.0708 e. The molecule has 0 spiro atoms. The summed E-state index contributed by atoms with van der Waals surface area (Å²) in [6.45, 7) is 0. The van der Waals surface area contributed by atoms with Crippen LogP contribution in [-0.2, 0) is 0 Å². The van der Waals surface area contributed by atoms with E-state index in [1.807, 2.05) is 29.8 Å². The summed E-state index contributed by atoms with van der Waals surface area (Å²) < 4.78 is 3.51. The number of para-hydroxylation sites is 1. The fraction of sp³-hybridized carbons (Fsp3) is 0. The van der Waals surface area contributed by atoms with Crippen molar-refractivity contribution < 1.29 is 0 Å². The summed E-state index contributed by atoms with van der Waals surface area (Å²) in [4.78, 5) is 4.41. The first-order valence-corrected chi connectivity index (χ1v) is 6.72. The average molecular weight is 265 g/mol. The molecule has 92 valence electrons. The largest absolute Gasteiger partial charge is 0.256 e. The first-order chi connectivity index (χ1) is 9.45. The molecule has 0 bridgehead atoms. The van der Waals surface area contributed by atoms with E-state index in [1.54, 1.807) is 6.20 Å². The number of hydrogen-bond acceptors (Lipinski definition) is 4. The van der Waals surface area contributed by atoms with E-state index in [0.29, 0.717) is 0 Å². The molecule has 0 fully saturated rings. The minimum Gasteiger partial charge on any atom is -0.256 e. The Morgan fingerprint density at radius 1 is 0.842 bits per heavy atom. The molecule has 2 heterocycles. The predicted molar refractivity (Wildman–Crippen MR) is 79.2 cm³/mol. The summed E-state index contributed by atoms with van der Waals surface area (Å²) in [6.07, 6.45) is 3.59. The normalized spacial score (nSPS) is 10.1. The molecule has 3 nitrogen and oxygen atoms in total. The van der Waals surface area contributed by atoms with Crippen LogP contribution in [0, 0.1) is 0 Å². The fourth-order valence-electron chi connectivity index (χ4n) is 1.94. The molecule has 0 saturated carbocycles. The van der Waals surface area contributed by atoms with Crippen LogP contribution in [0.2, 0.25) is 0 Å². The van der Waals surface area contributed by atoms with Gasteiger partial charge in [-0.25, -0.2) is 0 Å². The minimum atomic E-state index is 1.06. The van der Waals surface area contributed by atoms with Crippen molar-refractivity contribution in [1.82, 2.24) is 14.6 Å². The van der Waals surface area contributed by atoms with Gasteiger partial charge in [0.25, 0.3) is 0 Å². The lowest BCUT2D eigenvalue weighted by molar-refractivity contribution is 1.16. The molecule has 2 aromatic heterocycles. The molecule has 0 N–H and O–H groups in total. The lowest BCUT2D eigenvalue weighted by Gasteiger charge is -2.01. The Morgan fingerprint density at radius 3 is 2.37 bits per heavy atom. The quantitative estimate of drug-likeness (QED) is 0.452. The lowest BCUT2D eigenvalue weighted by Crippen LogP contribution is -1.80. The van der Waals surface area contributed by atoms with Crippen LogP contribution in [0.15, 0.2) is 66.3 Å². The van der Waals surface area contributed by atoms with E-state index in [1.165, 1.54) is 27.7 Å². The van der Waals surface area contributed by atoms with E-state index >= 15 is 0 Å². The highest BCUT2D eigenvalue weighted by molar-refractivity contribution is 7.03. The minimum absolute atomic E-state index is 1.06. The third-order valence-electron chi connectivity index (χ3n) is 2.78. The van der Waals surface area contributed by atoms with Gasteiger partial charge in [-0.15, -0.1) is 5.10 Å². The smallest absolute Gasteiger partial charge is 0.0708 e. The molecule has 4 heteroatoms. The van der Waals surface area contributed by atoms with Gasteiger partial charge >= 0.3 is 0 Å². The van der Waals surface area contributed by atoms with Crippen LogP contribution in [-0.4, -0.2) is 14.6 Å². The SMILES string of the molecule is c1ccc2c(c1)cnc1ccccc12.c1csnn1. The molecule has 4 aromatic rings. The lowest BCUT2D eigenvalue weighted by atomic mass is 10.1. The molecule has 0 aliphatic carbocycles. The van der Waals surface area contributed by atoms with Gasteiger partial charge in [-0.3, -0.25) is 4.98 Å². The number of pyridine rings is 1. The summed E-state index contributed by atoms with van der Waals surface area (Å²) in [6, 6.07) is 16.6. The Morgan fingerprint density at radius 2 is 1.63 bits per heavy atom. The summed E-state index contributed by atoms with van der Waals surface area (Å²) >= 11 is 1.35. The van der Waals surface area contributed by atoms with Crippen molar-refractivity contribution in [3.8, 4) is 0 Å². The van der Waals surface area contributed by atoms with Gasteiger partial charge in [0, 0.05) is 22.3 Å². The first kappa shape index (κ1) is 11.7. The van der Waals surface area contributed by atoms with Gasteiger partial charge in [-0.05, 0) is 23.0 Å². The highest BCUT2D eigenvalue weighted by Gasteiger charge is 1.98. The highest BCUT2D eigenvalue weighted by Crippen LogP contribution is 2.22. The van der Waals surface area contributed by atoms with Crippen LogP contribution < -0.4 is 0 Å². The van der Waals surface area contributed by atoms with E-state index in [4.69, 9.17) is 0 Å². The first-order valence-electron chi connectivity index (χ1n) is 5.88. The second-order valence-corrected chi connectivity index (χ2v) is 4.60. The zero-order valence-corrected chi connectivity index (χ0v) is 10.9.